The van der Waals surface area contributed by atoms with Crippen molar-refractivity contribution in [3.63, 3.8) is 0 Å². The molecule has 2 aromatic rings. The van der Waals surface area contributed by atoms with Crippen molar-refractivity contribution in [2.45, 2.75) is 19.4 Å². The number of hydrogen-bond acceptors (Lipinski definition) is 2. The zero-order chi connectivity index (χ0) is 13.3. The lowest BCUT2D eigenvalue weighted by Gasteiger charge is -2.10. The fourth-order valence-corrected chi connectivity index (χ4v) is 4.04. The third kappa shape index (κ3) is 3.36. The van der Waals surface area contributed by atoms with Crippen LogP contribution in [0.2, 0.25) is 5.02 Å². The molecule has 18 heavy (non-hydrogen) atoms. The fourth-order valence-electron chi connectivity index (χ4n) is 1.65. The van der Waals surface area contributed by atoms with Crippen LogP contribution in [0.25, 0.3) is 0 Å². The maximum absolute atomic E-state index is 10.2. The van der Waals surface area contributed by atoms with E-state index in [1.165, 1.54) is 11.3 Å². The molecule has 1 heterocycles. The van der Waals surface area contributed by atoms with Crippen molar-refractivity contribution in [2.75, 3.05) is 0 Å². The molecule has 0 fully saturated rings. The van der Waals surface area contributed by atoms with Crippen molar-refractivity contribution in [3.8, 4) is 0 Å². The minimum Gasteiger partial charge on any atom is -0.387 e. The van der Waals surface area contributed by atoms with Crippen LogP contribution in [-0.4, -0.2) is 5.11 Å². The van der Waals surface area contributed by atoms with Gasteiger partial charge in [-0.1, -0.05) is 23.7 Å². The molecule has 1 aromatic carbocycles. The maximum Gasteiger partial charge on any atom is 0.0923 e. The van der Waals surface area contributed by atoms with Crippen molar-refractivity contribution in [3.05, 3.63) is 53.6 Å². The summed E-state index contributed by atoms with van der Waals surface area (Å²) in [6.45, 7) is 2.00. The van der Waals surface area contributed by atoms with Gasteiger partial charge in [0.1, 0.15) is 0 Å². The van der Waals surface area contributed by atoms with Gasteiger partial charge in [-0.15, -0.1) is 11.3 Å². The number of benzene rings is 1. The van der Waals surface area contributed by atoms with Crippen molar-refractivity contribution in [1.29, 1.82) is 0 Å². The van der Waals surface area contributed by atoms with Crippen LogP contribution in [-0.2, 0) is 6.42 Å². The zero-order valence-electron chi connectivity index (χ0n) is 9.58. The Kier molecular flexibility index (Phi) is 4.89. The molecule has 0 spiro atoms. The molecule has 1 N–H and O–H groups in total. The van der Waals surface area contributed by atoms with Crippen LogP contribution in [0.1, 0.15) is 22.1 Å². The molecular formula is C13H11Br2ClOS. The average Bonchev–Trinajstić information content (AvgIpc) is 2.63. The smallest absolute Gasteiger partial charge is 0.0923 e. The summed E-state index contributed by atoms with van der Waals surface area (Å²) in [7, 11) is 0. The van der Waals surface area contributed by atoms with Gasteiger partial charge in [0, 0.05) is 20.8 Å². The summed E-state index contributed by atoms with van der Waals surface area (Å²) in [5.41, 5.74) is 2.09. The second-order valence-corrected chi connectivity index (χ2v) is 7.75. The Labute approximate surface area is 132 Å². The van der Waals surface area contributed by atoms with Crippen LogP contribution in [0.4, 0.5) is 0 Å². The van der Waals surface area contributed by atoms with Gasteiger partial charge < -0.3 is 5.11 Å². The number of rotatable bonds is 3. The Balaban J connectivity index is 2.18. The largest absolute Gasteiger partial charge is 0.387 e. The van der Waals surface area contributed by atoms with Crippen molar-refractivity contribution < 1.29 is 5.11 Å². The van der Waals surface area contributed by atoms with E-state index in [1.807, 2.05) is 31.2 Å². The monoisotopic (exact) mass is 408 g/mol. The summed E-state index contributed by atoms with van der Waals surface area (Å²) in [4.78, 5) is 0.922. The second-order valence-electron chi connectivity index (χ2n) is 4.09. The summed E-state index contributed by atoms with van der Waals surface area (Å²) >= 11 is 14.5. The molecule has 0 saturated carbocycles. The highest BCUT2D eigenvalue weighted by Gasteiger charge is 2.15. The van der Waals surface area contributed by atoms with Crippen LogP contribution >= 0.6 is 54.8 Å². The quantitative estimate of drug-likeness (QED) is 0.707. The molecule has 0 aliphatic heterocycles. The van der Waals surface area contributed by atoms with Gasteiger partial charge in [0.15, 0.2) is 0 Å². The van der Waals surface area contributed by atoms with Gasteiger partial charge in [0.2, 0.25) is 0 Å². The highest BCUT2D eigenvalue weighted by atomic mass is 79.9. The normalized spacial score (nSPS) is 12.7. The van der Waals surface area contributed by atoms with Crippen LogP contribution in [0.15, 0.2) is 32.5 Å². The van der Waals surface area contributed by atoms with Gasteiger partial charge >= 0.3 is 0 Å². The van der Waals surface area contributed by atoms with Gasteiger partial charge in [-0.25, -0.2) is 0 Å². The SMILES string of the molecule is Cc1ccc(CC(O)c2cc(Br)c(Br)s2)c(Cl)c1. The molecule has 1 aromatic heterocycles. The molecule has 0 bridgehead atoms. The molecule has 0 amide bonds. The molecule has 5 heteroatoms. The first kappa shape index (κ1) is 14.5. The Bertz CT molecular complexity index is 549. The van der Waals surface area contributed by atoms with E-state index in [9.17, 15) is 5.11 Å². The number of aryl methyl sites for hydroxylation is 1. The van der Waals surface area contributed by atoms with Crippen LogP contribution in [0.3, 0.4) is 0 Å². The highest BCUT2D eigenvalue weighted by Crippen LogP contribution is 2.37. The van der Waals surface area contributed by atoms with Gasteiger partial charge in [-0.05, 0) is 62.0 Å². The van der Waals surface area contributed by atoms with Crippen LogP contribution < -0.4 is 0 Å². The van der Waals surface area contributed by atoms with E-state index in [4.69, 9.17) is 11.6 Å². The van der Waals surface area contributed by atoms with Gasteiger partial charge in [-0.2, -0.15) is 0 Å². The van der Waals surface area contributed by atoms with Crippen LogP contribution in [0, 0.1) is 6.92 Å². The topological polar surface area (TPSA) is 20.2 Å². The lowest BCUT2D eigenvalue weighted by Crippen LogP contribution is -2.00. The Hall–Kier alpha value is 0.130. The molecule has 0 aliphatic rings. The van der Waals surface area contributed by atoms with Gasteiger partial charge in [0.25, 0.3) is 0 Å². The minimum atomic E-state index is -0.530. The first-order valence-electron chi connectivity index (χ1n) is 5.35. The maximum atomic E-state index is 10.2. The van der Waals surface area contributed by atoms with E-state index >= 15 is 0 Å². The summed E-state index contributed by atoms with van der Waals surface area (Å²) in [6.07, 6.45) is -0.00351. The highest BCUT2D eigenvalue weighted by molar-refractivity contribution is 9.13. The third-order valence-corrected chi connectivity index (χ3v) is 6.32. The average molecular weight is 411 g/mol. The number of aliphatic hydroxyl groups is 1. The predicted molar refractivity (Wildman–Crippen MR) is 84.6 cm³/mol. The second kappa shape index (κ2) is 6.06. The molecule has 0 saturated heterocycles. The summed E-state index contributed by atoms with van der Waals surface area (Å²) < 4.78 is 1.96. The molecule has 96 valence electrons. The Morgan fingerprint density at radius 2 is 2.06 bits per heavy atom. The Morgan fingerprint density at radius 3 is 2.61 bits per heavy atom. The molecule has 1 atom stereocenters. The summed E-state index contributed by atoms with van der Waals surface area (Å²) in [6, 6.07) is 7.83. The van der Waals surface area contributed by atoms with E-state index in [0.29, 0.717) is 11.4 Å². The molecule has 0 radical (unpaired) electrons. The molecule has 1 nitrogen and oxygen atoms in total. The van der Waals surface area contributed by atoms with E-state index in [2.05, 4.69) is 31.9 Å². The molecule has 1 unspecified atom stereocenters. The minimum absolute atomic E-state index is 0.526. The lowest BCUT2D eigenvalue weighted by atomic mass is 10.1. The van der Waals surface area contributed by atoms with Crippen molar-refractivity contribution in [2.24, 2.45) is 0 Å². The van der Waals surface area contributed by atoms with E-state index in [1.54, 1.807) is 0 Å². The first-order valence-corrected chi connectivity index (χ1v) is 8.13. The molecular weight excluding hydrogens is 399 g/mol. The first-order chi connectivity index (χ1) is 8.47. The fraction of sp³-hybridized carbons (Fsp3) is 0.231. The van der Waals surface area contributed by atoms with Gasteiger partial charge in [0.05, 0.1) is 9.89 Å². The molecule has 0 aliphatic carbocycles. The standard InChI is InChI=1S/C13H11Br2ClOS/c1-7-2-3-8(10(16)4-7)5-11(17)12-6-9(14)13(15)18-12/h2-4,6,11,17H,5H2,1H3. The van der Waals surface area contributed by atoms with E-state index in [0.717, 1.165) is 24.3 Å². The number of halogens is 3. The number of thiophene rings is 1. The van der Waals surface area contributed by atoms with E-state index in [-0.39, 0.29) is 0 Å². The summed E-state index contributed by atoms with van der Waals surface area (Å²) in [5, 5.41) is 10.9. The zero-order valence-corrected chi connectivity index (χ0v) is 14.3. The lowest BCUT2D eigenvalue weighted by molar-refractivity contribution is 0.182. The Morgan fingerprint density at radius 1 is 1.33 bits per heavy atom. The van der Waals surface area contributed by atoms with Gasteiger partial charge in [-0.3, -0.25) is 0 Å². The number of aliphatic hydroxyl groups excluding tert-OH is 1. The van der Waals surface area contributed by atoms with Crippen molar-refractivity contribution in [1.82, 2.24) is 0 Å². The third-order valence-electron chi connectivity index (χ3n) is 2.61. The van der Waals surface area contributed by atoms with Crippen LogP contribution in [0.5, 0.6) is 0 Å². The summed E-state index contributed by atoms with van der Waals surface area (Å²) in [5.74, 6) is 0. The van der Waals surface area contributed by atoms with Crippen molar-refractivity contribution >= 4 is 54.8 Å². The molecule has 2 rings (SSSR count). The number of hydrogen-bond donors (Lipinski definition) is 1. The predicted octanol–water partition coefficient (Wildman–Crippen LogP) is 5.51. The van der Waals surface area contributed by atoms with E-state index < -0.39 is 6.10 Å².